The van der Waals surface area contributed by atoms with Crippen LogP contribution in [0.4, 0.5) is 5.82 Å². The van der Waals surface area contributed by atoms with Gasteiger partial charge in [0.05, 0.1) is 11.1 Å². The average Bonchev–Trinajstić information content (AvgIpc) is 3.32. The molecule has 0 spiro atoms. The van der Waals surface area contributed by atoms with Gasteiger partial charge >= 0.3 is 0 Å². The molecule has 0 amide bonds. The van der Waals surface area contributed by atoms with Gasteiger partial charge in [-0.3, -0.25) is 5.10 Å². The summed E-state index contributed by atoms with van der Waals surface area (Å²) in [7, 11) is 0. The Kier molecular flexibility index (Phi) is 3.65. The van der Waals surface area contributed by atoms with Crippen LogP contribution < -0.4 is 11.5 Å². The lowest BCUT2D eigenvalue weighted by Gasteiger charge is -2.09. The molecular weight excluding hydrogens is 336 g/mol. The van der Waals surface area contributed by atoms with Crippen molar-refractivity contribution in [1.29, 1.82) is 0 Å². The molecule has 0 bridgehead atoms. The number of aromatic nitrogens is 4. The van der Waals surface area contributed by atoms with Crippen molar-refractivity contribution >= 4 is 16.9 Å². The maximum atomic E-state index is 6.35. The van der Waals surface area contributed by atoms with Gasteiger partial charge in [0.2, 0.25) is 0 Å². The molecule has 1 aliphatic carbocycles. The Labute approximate surface area is 156 Å². The highest BCUT2D eigenvalue weighted by molar-refractivity contribution is 5.98. The van der Waals surface area contributed by atoms with Gasteiger partial charge in [-0.05, 0) is 35.6 Å². The van der Waals surface area contributed by atoms with Crippen molar-refractivity contribution in [2.24, 2.45) is 5.73 Å². The predicted molar refractivity (Wildman–Crippen MR) is 106 cm³/mol. The normalized spacial score (nSPS) is 14.0. The number of nitrogens with one attached hydrogen (secondary N) is 1. The minimum Gasteiger partial charge on any atom is -0.383 e. The van der Waals surface area contributed by atoms with Gasteiger partial charge in [0, 0.05) is 18.0 Å². The van der Waals surface area contributed by atoms with Crippen molar-refractivity contribution in [1.82, 2.24) is 20.2 Å². The summed E-state index contributed by atoms with van der Waals surface area (Å²) in [5, 5.41) is 8.26. The Bertz CT molecular complexity index is 1120. The fraction of sp³-hybridized carbons (Fsp3) is 0.190. The number of H-pyrrole nitrogens is 1. The van der Waals surface area contributed by atoms with E-state index in [1.54, 1.807) is 0 Å². The van der Waals surface area contributed by atoms with Crippen molar-refractivity contribution in [2.75, 3.05) is 5.73 Å². The van der Waals surface area contributed by atoms with Crippen LogP contribution in [0.3, 0.4) is 0 Å². The lowest BCUT2D eigenvalue weighted by atomic mass is 10.0. The topological polar surface area (TPSA) is 106 Å². The number of hydrogen-bond donors (Lipinski definition) is 3. The first-order valence-electron chi connectivity index (χ1n) is 9.10. The van der Waals surface area contributed by atoms with Crippen LogP contribution in [0.25, 0.3) is 22.3 Å². The largest absolute Gasteiger partial charge is 0.383 e. The highest BCUT2D eigenvalue weighted by atomic mass is 15.2. The first-order chi connectivity index (χ1) is 13.2. The van der Waals surface area contributed by atoms with E-state index in [4.69, 9.17) is 16.5 Å². The molecule has 5 rings (SSSR count). The Hall–Kier alpha value is -3.25. The van der Waals surface area contributed by atoms with E-state index in [0.717, 1.165) is 40.9 Å². The van der Waals surface area contributed by atoms with E-state index in [1.165, 1.54) is 11.1 Å². The van der Waals surface area contributed by atoms with Crippen molar-refractivity contribution in [3.05, 3.63) is 71.0 Å². The van der Waals surface area contributed by atoms with Gasteiger partial charge in [-0.15, -0.1) is 0 Å². The molecule has 6 heteroatoms. The molecule has 4 aromatic rings. The van der Waals surface area contributed by atoms with Crippen molar-refractivity contribution in [3.63, 3.8) is 0 Å². The van der Waals surface area contributed by atoms with Crippen LogP contribution in [0.1, 0.15) is 28.4 Å². The van der Waals surface area contributed by atoms with Crippen LogP contribution in [-0.2, 0) is 19.4 Å². The van der Waals surface area contributed by atoms with Gasteiger partial charge in [0.15, 0.2) is 5.65 Å². The Balaban J connectivity index is 1.56. The second-order valence-corrected chi connectivity index (χ2v) is 7.04. The van der Waals surface area contributed by atoms with Crippen LogP contribution in [0.2, 0.25) is 0 Å². The predicted octanol–water partition coefficient (Wildman–Crippen LogP) is 2.94. The summed E-state index contributed by atoms with van der Waals surface area (Å²) >= 11 is 0. The summed E-state index contributed by atoms with van der Waals surface area (Å²) in [6.07, 6.45) is 1.88. The minimum atomic E-state index is 0.245. The standard InChI is InChI=1S/C21H20N6/c22-11-12-4-3-7-15(8-12)18-17-19(23)24-20(25-21(17)27-26-18)16-9-13-5-1-2-6-14(13)10-16/h1-8,16H,9-11,22H2,(H3,23,24,25,26,27). The third-order valence-electron chi connectivity index (χ3n) is 5.33. The van der Waals surface area contributed by atoms with Crippen molar-refractivity contribution in [2.45, 2.75) is 25.3 Å². The number of benzene rings is 2. The second kappa shape index (κ2) is 6.17. The van der Waals surface area contributed by atoms with Gasteiger partial charge in [0.1, 0.15) is 11.6 Å². The van der Waals surface area contributed by atoms with E-state index < -0.39 is 0 Å². The fourth-order valence-electron chi connectivity index (χ4n) is 3.96. The van der Waals surface area contributed by atoms with Gasteiger partial charge in [-0.25, -0.2) is 9.97 Å². The monoisotopic (exact) mass is 356 g/mol. The SMILES string of the molecule is NCc1cccc(-c2[nH]nc3nc(C4Cc5ccccc5C4)nc(N)c23)c1. The molecule has 0 unspecified atom stereocenters. The molecule has 2 aromatic heterocycles. The lowest BCUT2D eigenvalue weighted by molar-refractivity contribution is 0.687. The molecule has 0 aliphatic heterocycles. The molecule has 0 saturated heterocycles. The van der Waals surface area contributed by atoms with Crippen LogP contribution >= 0.6 is 0 Å². The maximum absolute atomic E-state index is 6.35. The van der Waals surface area contributed by atoms with Crippen molar-refractivity contribution in [3.8, 4) is 11.3 Å². The summed E-state index contributed by atoms with van der Waals surface area (Å²) in [6.45, 7) is 0.484. The van der Waals surface area contributed by atoms with Gasteiger partial charge < -0.3 is 11.5 Å². The van der Waals surface area contributed by atoms with Crippen LogP contribution in [-0.4, -0.2) is 20.2 Å². The van der Waals surface area contributed by atoms with Gasteiger partial charge in [-0.2, -0.15) is 5.10 Å². The fourth-order valence-corrected chi connectivity index (χ4v) is 3.96. The molecule has 5 N–H and O–H groups in total. The van der Waals surface area contributed by atoms with Crippen LogP contribution in [0.5, 0.6) is 0 Å². The maximum Gasteiger partial charge on any atom is 0.187 e. The zero-order chi connectivity index (χ0) is 18.4. The number of hydrogen-bond acceptors (Lipinski definition) is 5. The van der Waals surface area contributed by atoms with Crippen LogP contribution in [0.15, 0.2) is 48.5 Å². The summed E-state index contributed by atoms with van der Waals surface area (Å²) in [4.78, 5) is 9.38. The third-order valence-corrected chi connectivity index (χ3v) is 5.33. The molecule has 0 atom stereocenters. The van der Waals surface area contributed by atoms with E-state index in [1.807, 2.05) is 24.3 Å². The second-order valence-electron chi connectivity index (χ2n) is 7.04. The van der Waals surface area contributed by atoms with E-state index in [-0.39, 0.29) is 5.92 Å². The number of fused-ring (bicyclic) bond motifs is 2. The molecule has 0 fully saturated rings. The molecule has 0 saturated carbocycles. The highest BCUT2D eigenvalue weighted by Crippen LogP contribution is 2.35. The number of nitrogens with two attached hydrogens (primary N) is 2. The quantitative estimate of drug-likeness (QED) is 0.523. The molecule has 2 heterocycles. The minimum absolute atomic E-state index is 0.245. The lowest BCUT2D eigenvalue weighted by Crippen LogP contribution is -2.07. The molecular formula is C21H20N6. The van der Waals surface area contributed by atoms with Gasteiger partial charge in [0.25, 0.3) is 0 Å². The Morgan fingerprint density at radius 2 is 1.78 bits per heavy atom. The highest BCUT2D eigenvalue weighted by Gasteiger charge is 2.26. The molecule has 2 aromatic carbocycles. The number of nitrogens with zero attached hydrogens (tertiary/aromatic N) is 3. The summed E-state index contributed by atoms with van der Waals surface area (Å²) in [5.74, 6) is 1.48. The van der Waals surface area contributed by atoms with E-state index in [0.29, 0.717) is 18.0 Å². The van der Waals surface area contributed by atoms with Gasteiger partial charge in [-0.1, -0.05) is 42.5 Å². The zero-order valence-electron chi connectivity index (χ0n) is 14.8. The van der Waals surface area contributed by atoms with Crippen molar-refractivity contribution < 1.29 is 0 Å². The molecule has 0 radical (unpaired) electrons. The molecule has 6 nitrogen and oxygen atoms in total. The molecule has 134 valence electrons. The van der Waals surface area contributed by atoms with E-state index in [2.05, 4.69) is 39.4 Å². The van der Waals surface area contributed by atoms with E-state index >= 15 is 0 Å². The van der Waals surface area contributed by atoms with E-state index in [9.17, 15) is 0 Å². The molecule has 27 heavy (non-hydrogen) atoms. The Morgan fingerprint density at radius 3 is 2.52 bits per heavy atom. The first kappa shape index (κ1) is 16.0. The number of aromatic amines is 1. The number of anilines is 1. The van der Waals surface area contributed by atoms with Crippen LogP contribution in [0, 0.1) is 0 Å². The Morgan fingerprint density at radius 1 is 1.00 bits per heavy atom. The summed E-state index contributed by atoms with van der Waals surface area (Å²) in [6, 6.07) is 16.5. The third kappa shape index (κ3) is 2.65. The number of rotatable bonds is 3. The first-order valence-corrected chi connectivity index (χ1v) is 9.10. The zero-order valence-corrected chi connectivity index (χ0v) is 14.8. The average molecular weight is 356 g/mol. The summed E-state index contributed by atoms with van der Waals surface area (Å²) in [5.41, 5.74) is 18.3. The smallest absolute Gasteiger partial charge is 0.187 e. The number of nitrogen functional groups attached to an aromatic ring is 1. The summed E-state index contributed by atoms with van der Waals surface area (Å²) < 4.78 is 0. The molecule has 1 aliphatic rings.